The van der Waals surface area contributed by atoms with Gasteiger partial charge in [0.25, 0.3) is 0 Å². The van der Waals surface area contributed by atoms with Gasteiger partial charge in [-0.15, -0.1) is 0 Å². The van der Waals surface area contributed by atoms with Gasteiger partial charge in [-0.25, -0.2) is 9.37 Å². The maximum Gasteiger partial charge on any atom is 0.223 e. The maximum atomic E-state index is 13.7. The Bertz CT molecular complexity index is 1180. The molecular weight excluding hydrogens is 431 g/mol. The standard InChI is InChI=1S/C26H27FN6O/c1-17-10-21-15-32(16-23(17)33(21)24-5-2-18(12-28)14-30-24)25(34)6-9-31-26(7-8-26)20-3-4-22(27)19(11-20)13-29/h2-5,11,14,17,21,23,31H,6-10,15-16H2,1H3/t17-,21?,23?/m0/s1. The molecule has 3 fully saturated rings. The Morgan fingerprint density at radius 2 is 2.06 bits per heavy atom. The fraction of sp³-hybridized carbons (Fsp3) is 0.462. The molecule has 1 aromatic carbocycles. The highest BCUT2D eigenvalue weighted by atomic mass is 19.1. The molecule has 3 heterocycles. The zero-order valence-electron chi connectivity index (χ0n) is 19.2. The maximum absolute atomic E-state index is 13.7. The Kier molecular flexibility index (Phi) is 5.71. The van der Waals surface area contributed by atoms with Gasteiger partial charge in [0.1, 0.15) is 23.8 Å². The van der Waals surface area contributed by atoms with E-state index in [-0.39, 0.29) is 29.1 Å². The number of pyridine rings is 1. The number of halogens is 1. The summed E-state index contributed by atoms with van der Waals surface area (Å²) in [4.78, 5) is 21.9. The van der Waals surface area contributed by atoms with Crippen molar-refractivity contribution in [2.24, 2.45) is 5.92 Å². The highest BCUT2D eigenvalue weighted by molar-refractivity contribution is 5.77. The summed E-state index contributed by atoms with van der Waals surface area (Å²) in [6.07, 6.45) is 4.85. The van der Waals surface area contributed by atoms with Crippen molar-refractivity contribution in [2.45, 2.75) is 50.2 Å². The summed E-state index contributed by atoms with van der Waals surface area (Å²) in [7, 11) is 0. The molecular formula is C26H27FN6O. The zero-order valence-corrected chi connectivity index (χ0v) is 19.2. The number of aromatic nitrogens is 1. The second kappa shape index (κ2) is 8.70. The van der Waals surface area contributed by atoms with Crippen LogP contribution >= 0.6 is 0 Å². The molecule has 2 aromatic rings. The lowest BCUT2D eigenvalue weighted by molar-refractivity contribution is -0.132. The van der Waals surface area contributed by atoms with Crippen molar-refractivity contribution >= 4 is 11.7 Å². The first kappa shape index (κ1) is 22.3. The lowest BCUT2D eigenvalue weighted by atomic mass is 10.0. The number of rotatable bonds is 6. The molecule has 1 N–H and O–H groups in total. The third kappa shape index (κ3) is 3.99. The van der Waals surface area contributed by atoms with Crippen LogP contribution in [0, 0.1) is 34.4 Å². The van der Waals surface area contributed by atoms with Crippen LogP contribution in [0.25, 0.3) is 0 Å². The minimum atomic E-state index is -0.503. The number of likely N-dealkylation sites (tertiary alicyclic amines) is 1. The zero-order chi connectivity index (χ0) is 23.9. The first-order valence-electron chi connectivity index (χ1n) is 11.8. The fourth-order valence-electron chi connectivity index (χ4n) is 5.56. The number of nitrogens with zero attached hydrogens (tertiary/aromatic N) is 5. The number of piperazine rings is 1. The first-order valence-corrected chi connectivity index (χ1v) is 11.8. The van der Waals surface area contributed by atoms with Gasteiger partial charge in [-0.3, -0.25) is 4.79 Å². The van der Waals surface area contributed by atoms with Crippen molar-refractivity contribution in [1.29, 1.82) is 10.5 Å². The van der Waals surface area contributed by atoms with Crippen molar-refractivity contribution in [1.82, 2.24) is 15.2 Å². The number of carbonyl (C=O) groups is 1. The van der Waals surface area contributed by atoms with Gasteiger partial charge in [0.15, 0.2) is 0 Å². The van der Waals surface area contributed by atoms with Gasteiger partial charge < -0.3 is 15.1 Å². The molecule has 7 nitrogen and oxygen atoms in total. The average molecular weight is 459 g/mol. The first-order chi connectivity index (χ1) is 16.4. The summed E-state index contributed by atoms with van der Waals surface area (Å²) in [5.74, 6) is 0.966. The highest BCUT2D eigenvalue weighted by Crippen LogP contribution is 2.46. The summed E-state index contributed by atoms with van der Waals surface area (Å²) in [5.41, 5.74) is 1.25. The molecule has 2 aliphatic heterocycles. The SMILES string of the molecule is C[C@H]1CC2CN(C(=O)CCNC3(c4ccc(F)c(C#N)c4)CC3)CC1N2c1ccc(C#N)cn1. The molecule has 1 saturated carbocycles. The van der Waals surface area contributed by atoms with Crippen molar-refractivity contribution in [2.75, 3.05) is 24.5 Å². The monoisotopic (exact) mass is 458 g/mol. The number of benzene rings is 1. The summed E-state index contributed by atoms with van der Waals surface area (Å²) in [6, 6.07) is 12.9. The molecule has 1 amide bonds. The molecule has 5 rings (SSSR count). The van der Waals surface area contributed by atoms with E-state index in [1.165, 1.54) is 6.07 Å². The third-order valence-corrected chi connectivity index (χ3v) is 7.58. The van der Waals surface area contributed by atoms with E-state index < -0.39 is 5.82 Å². The second-order valence-electron chi connectivity index (χ2n) is 9.72. The molecule has 1 aliphatic carbocycles. The summed E-state index contributed by atoms with van der Waals surface area (Å²) in [6.45, 7) is 4.12. The van der Waals surface area contributed by atoms with Crippen LogP contribution in [0.1, 0.15) is 49.3 Å². The molecule has 2 saturated heterocycles. The van der Waals surface area contributed by atoms with E-state index in [1.807, 2.05) is 17.0 Å². The summed E-state index contributed by atoms with van der Waals surface area (Å²) < 4.78 is 13.7. The second-order valence-corrected chi connectivity index (χ2v) is 9.72. The molecule has 34 heavy (non-hydrogen) atoms. The number of amides is 1. The van der Waals surface area contributed by atoms with E-state index in [1.54, 1.807) is 24.4 Å². The van der Waals surface area contributed by atoms with Gasteiger partial charge in [-0.1, -0.05) is 13.0 Å². The van der Waals surface area contributed by atoms with Crippen LogP contribution in [-0.2, 0) is 10.3 Å². The number of hydrogen-bond donors (Lipinski definition) is 1. The van der Waals surface area contributed by atoms with Crippen molar-refractivity contribution in [3.63, 3.8) is 0 Å². The largest absolute Gasteiger partial charge is 0.347 e. The summed E-state index contributed by atoms with van der Waals surface area (Å²) in [5, 5.41) is 21.7. The molecule has 174 valence electrons. The van der Waals surface area contributed by atoms with Gasteiger partial charge in [-0.05, 0) is 55.0 Å². The molecule has 8 heteroatoms. The topological polar surface area (TPSA) is 96.0 Å². The van der Waals surface area contributed by atoms with Gasteiger partial charge in [0.2, 0.25) is 5.91 Å². The number of hydrogen-bond acceptors (Lipinski definition) is 6. The number of nitrogens with one attached hydrogen (secondary N) is 1. The van der Waals surface area contributed by atoms with Crippen molar-refractivity contribution in [3.8, 4) is 12.1 Å². The third-order valence-electron chi connectivity index (χ3n) is 7.58. The van der Waals surface area contributed by atoms with Crippen LogP contribution in [0.4, 0.5) is 10.2 Å². The molecule has 3 aliphatic rings. The molecule has 2 unspecified atom stereocenters. The Hall–Kier alpha value is -3.49. The van der Waals surface area contributed by atoms with Crippen LogP contribution in [0.2, 0.25) is 0 Å². The molecule has 1 aromatic heterocycles. The predicted octanol–water partition coefficient (Wildman–Crippen LogP) is 3.06. The Balaban J connectivity index is 1.19. The Morgan fingerprint density at radius 3 is 2.71 bits per heavy atom. The normalized spacial score (nSPS) is 24.4. The smallest absolute Gasteiger partial charge is 0.223 e. The van der Waals surface area contributed by atoms with Gasteiger partial charge in [0, 0.05) is 43.8 Å². The van der Waals surface area contributed by atoms with Crippen LogP contribution in [-0.4, -0.2) is 47.5 Å². The lowest BCUT2D eigenvalue weighted by Crippen LogP contribution is -2.56. The fourth-order valence-corrected chi connectivity index (χ4v) is 5.56. The molecule has 2 bridgehead atoms. The average Bonchev–Trinajstić information content (AvgIpc) is 3.61. The van der Waals surface area contributed by atoms with Gasteiger partial charge in [-0.2, -0.15) is 10.5 Å². The highest BCUT2D eigenvalue weighted by Gasteiger charge is 2.46. The van der Waals surface area contributed by atoms with E-state index in [0.29, 0.717) is 37.5 Å². The van der Waals surface area contributed by atoms with E-state index in [2.05, 4.69) is 28.2 Å². The number of fused-ring (bicyclic) bond motifs is 2. The van der Waals surface area contributed by atoms with E-state index >= 15 is 0 Å². The minimum Gasteiger partial charge on any atom is -0.347 e. The lowest BCUT2D eigenvalue weighted by Gasteiger charge is -2.42. The Morgan fingerprint density at radius 1 is 1.24 bits per heavy atom. The molecule has 3 atom stereocenters. The number of carbonyl (C=O) groups excluding carboxylic acids is 1. The summed E-state index contributed by atoms with van der Waals surface area (Å²) >= 11 is 0. The van der Waals surface area contributed by atoms with Gasteiger partial charge >= 0.3 is 0 Å². The van der Waals surface area contributed by atoms with Gasteiger partial charge in [0.05, 0.1) is 17.2 Å². The van der Waals surface area contributed by atoms with E-state index in [0.717, 1.165) is 30.6 Å². The van der Waals surface area contributed by atoms with Crippen LogP contribution in [0.15, 0.2) is 36.5 Å². The predicted molar refractivity (Wildman–Crippen MR) is 124 cm³/mol. The Labute approximate surface area is 198 Å². The van der Waals surface area contributed by atoms with E-state index in [9.17, 15) is 9.18 Å². The minimum absolute atomic E-state index is 0.0564. The van der Waals surface area contributed by atoms with Crippen molar-refractivity contribution in [3.05, 3.63) is 59.0 Å². The quantitative estimate of drug-likeness (QED) is 0.715. The van der Waals surface area contributed by atoms with Crippen LogP contribution in [0.3, 0.4) is 0 Å². The van der Waals surface area contributed by atoms with Crippen LogP contribution in [0.5, 0.6) is 0 Å². The van der Waals surface area contributed by atoms with E-state index in [4.69, 9.17) is 10.5 Å². The number of anilines is 1. The molecule has 0 radical (unpaired) electrons. The molecule has 0 spiro atoms. The number of nitriles is 2. The van der Waals surface area contributed by atoms with Crippen molar-refractivity contribution < 1.29 is 9.18 Å². The van der Waals surface area contributed by atoms with Crippen LogP contribution < -0.4 is 10.2 Å².